The van der Waals surface area contributed by atoms with E-state index in [1.54, 1.807) is 12.1 Å². The van der Waals surface area contributed by atoms with E-state index >= 15 is 0 Å². The maximum atomic E-state index is 12.3. The summed E-state index contributed by atoms with van der Waals surface area (Å²) in [6.45, 7) is 1.57. The molecular weight excluding hydrogens is 344 g/mol. The van der Waals surface area contributed by atoms with Gasteiger partial charge in [0.2, 0.25) is 6.41 Å². The van der Waals surface area contributed by atoms with E-state index in [2.05, 4.69) is 25.5 Å². The second-order valence-corrected chi connectivity index (χ2v) is 6.72. The van der Waals surface area contributed by atoms with Crippen LogP contribution in [-0.2, 0) is 11.8 Å². The highest BCUT2D eigenvalue weighted by atomic mass is 16.1. The van der Waals surface area contributed by atoms with Crippen LogP contribution in [0.15, 0.2) is 30.5 Å². The molecule has 3 rings (SSSR count). The molecule has 0 fully saturated rings. The fourth-order valence-electron chi connectivity index (χ4n) is 2.92. The normalized spacial score (nSPS) is 11.1. The summed E-state index contributed by atoms with van der Waals surface area (Å²) in [5.41, 5.74) is 3.70. The first-order chi connectivity index (χ1) is 13.0. The highest BCUT2D eigenvalue weighted by Gasteiger charge is 2.12. The predicted molar refractivity (Wildman–Crippen MR) is 106 cm³/mol. The molecule has 3 N–H and O–H groups in total. The molecule has 8 heteroatoms. The number of fused-ring (bicyclic) bond motifs is 1. The van der Waals surface area contributed by atoms with Crippen molar-refractivity contribution >= 4 is 29.0 Å². The van der Waals surface area contributed by atoms with E-state index in [1.807, 2.05) is 44.0 Å². The lowest BCUT2D eigenvalue weighted by molar-refractivity contribution is -0.105. The molecular formula is C19H24N6O2. The zero-order valence-corrected chi connectivity index (χ0v) is 15.7. The van der Waals surface area contributed by atoms with Gasteiger partial charge in [-0.15, -0.1) is 0 Å². The number of hydrogen-bond acceptors (Lipinski definition) is 4. The van der Waals surface area contributed by atoms with Gasteiger partial charge in [0, 0.05) is 25.4 Å². The number of aryl methyl sites for hydroxylation is 1. The minimum absolute atomic E-state index is 0.0943. The molecule has 0 aliphatic heterocycles. The van der Waals surface area contributed by atoms with E-state index in [4.69, 9.17) is 0 Å². The molecule has 2 heterocycles. The molecule has 2 aromatic heterocycles. The van der Waals surface area contributed by atoms with E-state index in [1.165, 1.54) is 0 Å². The lowest BCUT2D eigenvalue weighted by Gasteiger charge is -2.09. The fourth-order valence-corrected chi connectivity index (χ4v) is 2.92. The molecule has 0 aliphatic carbocycles. The molecule has 2 amide bonds. The molecule has 142 valence electrons. The van der Waals surface area contributed by atoms with Gasteiger partial charge in [0.25, 0.3) is 5.91 Å². The van der Waals surface area contributed by atoms with Gasteiger partial charge in [-0.25, -0.2) is 4.98 Å². The number of nitrogens with one attached hydrogen (secondary N) is 3. The summed E-state index contributed by atoms with van der Waals surface area (Å²) in [5, 5.41) is 5.57. The van der Waals surface area contributed by atoms with Crippen LogP contribution in [0.4, 0.5) is 5.69 Å². The number of aromatic amines is 1. The van der Waals surface area contributed by atoms with Crippen molar-refractivity contribution in [3.63, 3.8) is 0 Å². The number of hydrogen-bond donors (Lipinski definition) is 3. The zero-order valence-electron chi connectivity index (χ0n) is 15.7. The van der Waals surface area contributed by atoms with Crippen molar-refractivity contribution in [2.75, 3.05) is 32.5 Å². The van der Waals surface area contributed by atoms with Crippen LogP contribution in [0, 0.1) is 0 Å². The largest absolute Gasteiger partial charge is 0.352 e. The SMILES string of the molecule is CN(C)CCCNC(=O)c1ccc2nc(-c3cc(NC=O)cn3C)[nH]c2c1. The Hall–Kier alpha value is -3.13. The van der Waals surface area contributed by atoms with E-state index in [-0.39, 0.29) is 5.91 Å². The predicted octanol–water partition coefficient (Wildman–Crippen LogP) is 1.82. The Bertz CT molecular complexity index is 956. The highest BCUT2D eigenvalue weighted by Crippen LogP contribution is 2.24. The zero-order chi connectivity index (χ0) is 19.4. The van der Waals surface area contributed by atoms with Crippen LogP contribution in [0.2, 0.25) is 0 Å². The van der Waals surface area contributed by atoms with E-state index in [9.17, 15) is 9.59 Å². The van der Waals surface area contributed by atoms with Gasteiger partial charge in [0.15, 0.2) is 5.82 Å². The minimum Gasteiger partial charge on any atom is -0.352 e. The summed E-state index contributed by atoms with van der Waals surface area (Å²) in [7, 11) is 5.90. The molecule has 0 saturated carbocycles. The number of anilines is 1. The van der Waals surface area contributed by atoms with E-state index in [0.717, 1.165) is 29.7 Å². The Labute approximate surface area is 157 Å². The Kier molecular flexibility index (Phi) is 5.56. The molecule has 3 aromatic rings. The number of carbonyl (C=O) groups is 2. The Morgan fingerprint density at radius 3 is 2.89 bits per heavy atom. The van der Waals surface area contributed by atoms with Gasteiger partial charge in [-0.2, -0.15) is 0 Å². The lowest BCUT2D eigenvalue weighted by Crippen LogP contribution is -2.27. The van der Waals surface area contributed by atoms with Crippen LogP contribution in [0.25, 0.3) is 22.6 Å². The Morgan fingerprint density at radius 1 is 1.33 bits per heavy atom. The molecule has 27 heavy (non-hydrogen) atoms. The number of amides is 2. The average molecular weight is 368 g/mol. The quantitative estimate of drug-likeness (QED) is 0.417. The maximum absolute atomic E-state index is 12.3. The van der Waals surface area contributed by atoms with Gasteiger partial charge in [-0.05, 0) is 51.3 Å². The number of aromatic nitrogens is 3. The third-order valence-corrected chi connectivity index (χ3v) is 4.28. The van der Waals surface area contributed by atoms with Gasteiger partial charge in [0.1, 0.15) is 0 Å². The number of nitrogens with zero attached hydrogens (tertiary/aromatic N) is 3. The molecule has 0 unspecified atom stereocenters. The Balaban J connectivity index is 1.77. The summed E-state index contributed by atoms with van der Waals surface area (Å²) < 4.78 is 1.88. The van der Waals surface area contributed by atoms with Crippen molar-refractivity contribution < 1.29 is 9.59 Å². The van der Waals surface area contributed by atoms with Crippen molar-refractivity contribution in [2.45, 2.75) is 6.42 Å². The minimum atomic E-state index is -0.0943. The van der Waals surface area contributed by atoms with Gasteiger partial charge in [0.05, 0.1) is 22.4 Å². The van der Waals surface area contributed by atoms with Crippen molar-refractivity contribution in [1.29, 1.82) is 0 Å². The van der Waals surface area contributed by atoms with Crippen LogP contribution in [0.1, 0.15) is 16.8 Å². The maximum Gasteiger partial charge on any atom is 0.251 e. The summed E-state index contributed by atoms with van der Waals surface area (Å²) in [6.07, 6.45) is 3.35. The summed E-state index contributed by atoms with van der Waals surface area (Å²) in [4.78, 5) is 32.9. The third kappa shape index (κ3) is 4.35. The van der Waals surface area contributed by atoms with E-state index < -0.39 is 0 Å². The van der Waals surface area contributed by atoms with E-state index in [0.29, 0.717) is 30.0 Å². The first-order valence-corrected chi connectivity index (χ1v) is 8.77. The number of carbonyl (C=O) groups excluding carboxylic acids is 2. The second kappa shape index (κ2) is 8.05. The lowest BCUT2D eigenvalue weighted by atomic mass is 10.2. The molecule has 0 atom stereocenters. The summed E-state index contributed by atoms with van der Waals surface area (Å²) in [6, 6.07) is 7.25. The summed E-state index contributed by atoms with van der Waals surface area (Å²) >= 11 is 0. The fraction of sp³-hybridized carbons (Fsp3) is 0.316. The molecule has 0 radical (unpaired) electrons. The molecule has 8 nitrogen and oxygen atoms in total. The van der Waals surface area contributed by atoms with Crippen molar-refractivity contribution in [3.8, 4) is 11.5 Å². The van der Waals surface area contributed by atoms with Crippen molar-refractivity contribution in [1.82, 2.24) is 24.8 Å². The third-order valence-electron chi connectivity index (χ3n) is 4.28. The first kappa shape index (κ1) is 18.7. The van der Waals surface area contributed by atoms with Crippen LogP contribution in [0.5, 0.6) is 0 Å². The van der Waals surface area contributed by atoms with Crippen LogP contribution in [0.3, 0.4) is 0 Å². The monoisotopic (exact) mass is 368 g/mol. The topological polar surface area (TPSA) is 95.1 Å². The van der Waals surface area contributed by atoms with Crippen LogP contribution in [-0.4, -0.2) is 58.9 Å². The second-order valence-electron chi connectivity index (χ2n) is 6.72. The Morgan fingerprint density at radius 2 is 2.15 bits per heavy atom. The molecule has 0 bridgehead atoms. The number of H-pyrrole nitrogens is 1. The van der Waals surface area contributed by atoms with Crippen LogP contribution < -0.4 is 10.6 Å². The average Bonchev–Trinajstić information content (AvgIpc) is 3.20. The van der Waals surface area contributed by atoms with Gasteiger partial charge in [-0.3, -0.25) is 9.59 Å². The van der Waals surface area contributed by atoms with Crippen LogP contribution >= 0.6 is 0 Å². The van der Waals surface area contributed by atoms with Crippen molar-refractivity contribution in [3.05, 3.63) is 36.0 Å². The smallest absolute Gasteiger partial charge is 0.251 e. The highest BCUT2D eigenvalue weighted by molar-refractivity contribution is 5.97. The molecule has 0 aliphatic rings. The number of rotatable bonds is 8. The van der Waals surface area contributed by atoms with Gasteiger partial charge >= 0.3 is 0 Å². The van der Waals surface area contributed by atoms with Crippen molar-refractivity contribution in [2.24, 2.45) is 7.05 Å². The molecule has 0 spiro atoms. The number of imidazole rings is 1. The summed E-state index contributed by atoms with van der Waals surface area (Å²) in [5.74, 6) is 0.582. The molecule has 0 saturated heterocycles. The first-order valence-electron chi connectivity index (χ1n) is 8.77. The van der Waals surface area contributed by atoms with Gasteiger partial charge in [-0.1, -0.05) is 0 Å². The standard InChI is InChI=1S/C19H24N6O2/c1-24(2)8-4-7-20-19(27)13-5-6-15-16(9-13)23-18(22-15)17-10-14(21-12-26)11-25(17)3/h5-6,9-12H,4,7-8H2,1-3H3,(H,20,27)(H,21,26)(H,22,23). The molecule has 1 aromatic carbocycles. The number of benzene rings is 1. The van der Waals surface area contributed by atoms with Gasteiger partial charge < -0.3 is 25.1 Å².